The number of aliphatic hydroxyl groups is 1. The molecule has 11 heteroatoms. The Morgan fingerprint density at radius 3 is 2.49 bits per heavy atom. The molecule has 2 aliphatic heterocycles. The van der Waals surface area contributed by atoms with Gasteiger partial charge in [0.2, 0.25) is 5.95 Å². The number of nitrogen functional groups attached to an aromatic ring is 1. The molecule has 10 nitrogen and oxygen atoms in total. The molecule has 2 aliphatic rings. The molecule has 0 atom stereocenters. The van der Waals surface area contributed by atoms with Gasteiger partial charge in [-0.05, 0) is 36.6 Å². The summed E-state index contributed by atoms with van der Waals surface area (Å²) in [6, 6.07) is 6.27. The van der Waals surface area contributed by atoms with Crippen molar-refractivity contribution >= 4 is 39.1 Å². The van der Waals surface area contributed by atoms with E-state index in [1.807, 2.05) is 12.3 Å². The minimum atomic E-state index is -0.213. The van der Waals surface area contributed by atoms with Crippen molar-refractivity contribution in [1.29, 1.82) is 0 Å². The van der Waals surface area contributed by atoms with E-state index in [1.54, 1.807) is 23.7 Å². The third-order valence-corrected chi connectivity index (χ3v) is 7.58. The topological polar surface area (TPSA) is 126 Å². The van der Waals surface area contributed by atoms with Crippen LogP contribution in [-0.2, 0) is 4.74 Å². The Bertz CT molecular complexity index is 1330. The molecule has 4 aromatic rings. The van der Waals surface area contributed by atoms with E-state index in [1.165, 1.54) is 0 Å². The van der Waals surface area contributed by atoms with E-state index in [-0.39, 0.29) is 12.1 Å². The van der Waals surface area contributed by atoms with Gasteiger partial charge in [-0.25, -0.2) is 24.9 Å². The van der Waals surface area contributed by atoms with Crippen LogP contribution in [0, 0.1) is 0 Å². The summed E-state index contributed by atoms with van der Waals surface area (Å²) < 4.78 is 6.61. The molecule has 0 saturated carbocycles. The lowest BCUT2D eigenvalue weighted by Crippen LogP contribution is -2.36. The molecule has 180 valence electrons. The molecule has 0 bridgehead atoms. The number of ether oxygens (including phenoxy) is 1. The van der Waals surface area contributed by atoms with Crippen LogP contribution in [0.15, 0.2) is 36.8 Å². The Morgan fingerprint density at radius 1 is 0.943 bits per heavy atom. The van der Waals surface area contributed by atoms with Gasteiger partial charge in [-0.2, -0.15) is 0 Å². The fourth-order valence-corrected chi connectivity index (χ4v) is 5.58. The molecule has 6 rings (SSSR count). The first-order chi connectivity index (χ1) is 17.1. The Morgan fingerprint density at radius 2 is 1.71 bits per heavy atom. The molecule has 2 fully saturated rings. The molecule has 4 aromatic heterocycles. The van der Waals surface area contributed by atoms with E-state index in [0.29, 0.717) is 19.0 Å². The number of hydrogen-bond acceptors (Lipinski definition) is 11. The summed E-state index contributed by atoms with van der Waals surface area (Å²) in [7, 11) is 0. The largest absolute Gasteiger partial charge is 0.393 e. The average Bonchev–Trinajstić information content (AvgIpc) is 3.34. The number of pyridine rings is 1. The zero-order chi connectivity index (χ0) is 23.8. The second-order valence-corrected chi connectivity index (χ2v) is 9.80. The van der Waals surface area contributed by atoms with Crippen LogP contribution in [0.3, 0.4) is 0 Å². The van der Waals surface area contributed by atoms with Gasteiger partial charge in [0, 0.05) is 49.6 Å². The van der Waals surface area contributed by atoms with Crippen molar-refractivity contribution in [3.05, 3.63) is 36.8 Å². The maximum absolute atomic E-state index is 9.85. The first-order valence-electron chi connectivity index (χ1n) is 11.8. The minimum absolute atomic E-state index is 0.213. The van der Waals surface area contributed by atoms with E-state index in [4.69, 9.17) is 20.4 Å². The lowest BCUT2D eigenvalue weighted by Gasteiger charge is -2.30. The van der Waals surface area contributed by atoms with E-state index < -0.39 is 0 Å². The highest BCUT2D eigenvalue weighted by molar-refractivity contribution is 7.22. The van der Waals surface area contributed by atoms with Gasteiger partial charge in [0.1, 0.15) is 5.82 Å². The second kappa shape index (κ2) is 9.33. The van der Waals surface area contributed by atoms with Gasteiger partial charge in [0.05, 0.1) is 35.1 Å². The van der Waals surface area contributed by atoms with Gasteiger partial charge >= 0.3 is 0 Å². The number of nitrogens with two attached hydrogens (primary N) is 1. The summed E-state index contributed by atoms with van der Waals surface area (Å²) in [5.74, 6) is 2.63. The van der Waals surface area contributed by atoms with Crippen LogP contribution < -0.4 is 15.5 Å². The van der Waals surface area contributed by atoms with E-state index in [9.17, 15) is 5.11 Å². The van der Waals surface area contributed by atoms with Crippen LogP contribution in [0.5, 0.6) is 0 Å². The number of rotatable bonds is 4. The summed E-state index contributed by atoms with van der Waals surface area (Å²) in [5.41, 5.74) is 8.38. The lowest BCUT2D eigenvalue weighted by molar-refractivity contribution is 0.122. The molecule has 0 aliphatic carbocycles. The Kier molecular flexibility index (Phi) is 5.88. The van der Waals surface area contributed by atoms with Gasteiger partial charge in [0.25, 0.3) is 0 Å². The van der Waals surface area contributed by atoms with Gasteiger partial charge in [0.15, 0.2) is 11.6 Å². The number of aliphatic hydroxyl groups excluding tert-OH is 1. The van der Waals surface area contributed by atoms with Crippen molar-refractivity contribution in [2.45, 2.75) is 18.9 Å². The number of piperidine rings is 1. The van der Waals surface area contributed by atoms with Crippen LogP contribution in [0.2, 0.25) is 0 Å². The average molecular weight is 491 g/mol. The quantitative estimate of drug-likeness (QED) is 0.441. The van der Waals surface area contributed by atoms with Gasteiger partial charge in [-0.3, -0.25) is 0 Å². The van der Waals surface area contributed by atoms with Crippen LogP contribution >= 0.6 is 11.3 Å². The van der Waals surface area contributed by atoms with Crippen molar-refractivity contribution in [3.8, 4) is 21.8 Å². The highest BCUT2D eigenvalue weighted by Crippen LogP contribution is 2.39. The molecule has 0 radical (unpaired) electrons. The molecular formula is C24H26N8O2S. The number of thiophene rings is 1. The molecule has 0 unspecified atom stereocenters. The number of fused-ring (bicyclic) bond motifs is 1. The highest BCUT2D eigenvalue weighted by atomic mass is 32.1. The van der Waals surface area contributed by atoms with Crippen molar-refractivity contribution < 1.29 is 9.84 Å². The fourth-order valence-electron chi connectivity index (χ4n) is 4.47. The molecule has 6 heterocycles. The van der Waals surface area contributed by atoms with Crippen molar-refractivity contribution in [2.24, 2.45) is 0 Å². The summed E-state index contributed by atoms with van der Waals surface area (Å²) >= 11 is 1.69. The number of nitrogens with zero attached hydrogens (tertiary/aromatic N) is 7. The molecule has 0 spiro atoms. The van der Waals surface area contributed by atoms with Crippen molar-refractivity contribution in [3.63, 3.8) is 0 Å². The minimum Gasteiger partial charge on any atom is -0.393 e. The standard InChI is InChI=1S/C24H26N8O2S/c25-24-27-13-16(14-28-24)22-29-18-12-19(35-21(18)23(30-22)32-7-9-34-10-8-32)15-1-4-26-20(11-15)31-5-2-17(33)3-6-31/h1,4,11-14,17,33H,2-3,5-10H2,(H2,25,27,28). The van der Waals surface area contributed by atoms with Gasteiger partial charge in [-0.1, -0.05) is 0 Å². The van der Waals surface area contributed by atoms with Crippen LogP contribution in [0.25, 0.3) is 32.0 Å². The predicted octanol–water partition coefficient (Wildman–Crippen LogP) is 2.59. The molecule has 3 N–H and O–H groups in total. The van der Waals surface area contributed by atoms with Gasteiger partial charge < -0.3 is 25.4 Å². The smallest absolute Gasteiger partial charge is 0.219 e. The predicted molar refractivity (Wildman–Crippen MR) is 137 cm³/mol. The molecule has 2 saturated heterocycles. The summed E-state index contributed by atoms with van der Waals surface area (Å²) in [4.78, 5) is 28.2. The highest BCUT2D eigenvalue weighted by Gasteiger charge is 2.22. The lowest BCUT2D eigenvalue weighted by atomic mass is 10.1. The van der Waals surface area contributed by atoms with E-state index in [2.05, 4.69) is 36.9 Å². The van der Waals surface area contributed by atoms with Crippen LogP contribution in [0.4, 0.5) is 17.6 Å². The third kappa shape index (κ3) is 4.49. The third-order valence-electron chi connectivity index (χ3n) is 6.41. The SMILES string of the molecule is Nc1ncc(-c2nc(N3CCOCC3)c3sc(-c4ccnc(N5CCC(O)CC5)c4)cc3n2)cn1. The maximum Gasteiger partial charge on any atom is 0.219 e. The Hall–Kier alpha value is -3.41. The second-order valence-electron chi connectivity index (χ2n) is 8.75. The number of anilines is 3. The maximum atomic E-state index is 9.85. The monoisotopic (exact) mass is 490 g/mol. The molecular weight excluding hydrogens is 464 g/mol. The first-order valence-corrected chi connectivity index (χ1v) is 12.6. The van der Waals surface area contributed by atoms with Crippen LogP contribution in [-0.4, -0.2) is 75.5 Å². The number of aromatic nitrogens is 5. The van der Waals surface area contributed by atoms with Gasteiger partial charge in [-0.15, -0.1) is 11.3 Å². The molecule has 0 amide bonds. The fraction of sp³-hybridized carbons (Fsp3) is 0.375. The number of morpholine rings is 1. The Balaban J connectivity index is 1.41. The van der Waals surface area contributed by atoms with Crippen LogP contribution in [0.1, 0.15) is 12.8 Å². The summed E-state index contributed by atoms with van der Waals surface area (Å²) in [5, 5.41) is 9.85. The zero-order valence-electron chi connectivity index (χ0n) is 19.2. The number of hydrogen-bond donors (Lipinski definition) is 2. The van der Waals surface area contributed by atoms with Crippen molar-refractivity contribution in [1.82, 2.24) is 24.9 Å². The molecule has 35 heavy (non-hydrogen) atoms. The summed E-state index contributed by atoms with van der Waals surface area (Å²) in [6.07, 6.45) is 6.49. The van der Waals surface area contributed by atoms with E-state index >= 15 is 0 Å². The first kappa shape index (κ1) is 22.1. The summed E-state index contributed by atoms with van der Waals surface area (Å²) in [6.45, 7) is 4.51. The molecule has 0 aromatic carbocycles. The normalized spacial score (nSPS) is 17.3. The van der Waals surface area contributed by atoms with E-state index in [0.717, 1.165) is 76.9 Å². The van der Waals surface area contributed by atoms with Crippen molar-refractivity contribution in [2.75, 3.05) is 54.9 Å². The zero-order valence-corrected chi connectivity index (χ0v) is 20.0. The Labute approximate surface area is 206 Å².